The highest BCUT2D eigenvalue weighted by Crippen LogP contribution is 2.56. The Morgan fingerprint density at radius 3 is 0.909 bits per heavy atom. The minimum atomic E-state index is -0.257. The van der Waals surface area contributed by atoms with Crippen LogP contribution in [0.3, 0.4) is 0 Å². The molecule has 0 saturated carbocycles. The molecule has 4 aliphatic heterocycles. The third-order valence-electron chi connectivity index (χ3n) is 22.4. The standard InChI is InChI=1S/C102H69B2N5S/c1-10-36-70(37-11-1)81-54-28-31-61-90(81)107-93-69-97-89(104-87-60-30-33-63-92(87)109(102-84(73-42-16-4-17-43-73)57-35-58-85(102)74-44-18-5-19-45-74)96-66-80(67-98(110-97)100(96)104)106(77-50-24-8-25-51-77)78-52-26-9-27-53-78)68-88(93)103-86-59-29-32-62-91(86)108(101-82(71-38-12-2-13-39-71)55-34-56-83(101)72-40-14-3-15-41-72)95-65-79(64-94(107)99(95)103)105(75-46-20-6-21-47-75)76-48-22-7-23-49-76/h1-69H. The second-order valence-corrected chi connectivity index (χ2v) is 29.7. The predicted octanol–water partition coefficient (Wildman–Crippen LogP) is 23.8. The van der Waals surface area contributed by atoms with Crippen LogP contribution in [-0.2, 0) is 0 Å². The van der Waals surface area contributed by atoms with Crippen LogP contribution >= 0.6 is 11.8 Å². The molecule has 0 radical (unpaired) electrons. The zero-order valence-electron chi connectivity index (χ0n) is 60.1. The SMILES string of the molecule is c1ccc(-c2ccccc2N2c3cc4c(cc3B3c5ccccc5N(c5c(-c6ccccc6)cccc5-c5ccccc5)c5cc(N(c6ccccc6)c6ccccc6)cc2c53)B2c3ccccc3N(c3c(-c5ccccc5)cccc3-c3ccccc3)c3cc(N(c5ccccc5)c5ccccc5)cc(c32)S4)cc1. The second-order valence-electron chi connectivity index (χ2n) is 28.6. The van der Waals surface area contributed by atoms with E-state index in [0.717, 1.165) is 141 Å². The first-order chi connectivity index (χ1) is 54.6. The minimum Gasteiger partial charge on any atom is -0.311 e. The minimum absolute atomic E-state index is 0.200. The summed E-state index contributed by atoms with van der Waals surface area (Å²) in [6.07, 6.45) is 0. The highest BCUT2D eigenvalue weighted by Gasteiger charge is 2.49. The van der Waals surface area contributed by atoms with Crippen LogP contribution in [0.4, 0.5) is 85.3 Å². The third-order valence-corrected chi connectivity index (χ3v) is 23.5. The Balaban J connectivity index is 0.884. The lowest BCUT2D eigenvalue weighted by Crippen LogP contribution is -2.64. The molecule has 110 heavy (non-hydrogen) atoms. The number of nitrogens with zero attached hydrogens (tertiary/aromatic N) is 5. The van der Waals surface area contributed by atoms with Crippen LogP contribution in [-0.4, -0.2) is 13.4 Å². The van der Waals surface area contributed by atoms with Gasteiger partial charge in [-0.3, -0.25) is 0 Å². The number of fused-ring (bicyclic) bond motifs is 8. The number of rotatable bonds is 14. The van der Waals surface area contributed by atoms with E-state index in [4.69, 9.17) is 0 Å². The molecule has 21 rings (SSSR count). The van der Waals surface area contributed by atoms with E-state index in [-0.39, 0.29) is 13.4 Å². The Hall–Kier alpha value is -13.8. The van der Waals surface area contributed by atoms with Crippen LogP contribution in [0, 0.1) is 0 Å². The van der Waals surface area contributed by atoms with Crippen LogP contribution < -0.4 is 57.3 Å². The molecule has 4 heterocycles. The zero-order chi connectivity index (χ0) is 72.6. The first kappa shape index (κ1) is 64.6. The van der Waals surface area contributed by atoms with E-state index in [1.54, 1.807) is 0 Å². The maximum absolute atomic E-state index is 2.67. The number of hydrogen-bond acceptors (Lipinski definition) is 6. The largest absolute Gasteiger partial charge is 0.311 e. The molecule has 0 fully saturated rings. The summed E-state index contributed by atoms with van der Waals surface area (Å²) in [5, 5.41) is 0. The fourth-order valence-electron chi connectivity index (χ4n) is 17.8. The average molecular weight is 1420 g/mol. The molecular formula is C102H69B2N5S. The molecule has 0 unspecified atom stereocenters. The predicted molar refractivity (Wildman–Crippen MR) is 467 cm³/mol. The van der Waals surface area contributed by atoms with Gasteiger partial charge in [0.05, 0.1) is 22.7 Å². The molecular weight excluding hydrogens is 1350 g/mol. The molecule has 0 spiro atoms. The van der Waals surface area contributed by atoms with Crippen molar-refractivity contribution in [3.8, 4) is 55.6 Å². The van der Waals surface area contributed by atoms with Gasteiger partial charge in [-0.05, 0) is 152 Å². The van der Waals surface area contributed by atoms with Gasteiger partial charge >= 0.3 is 0 Å². The summed E-state index contributed by atoms with van der Waals surface area (Å²) in [6.45, 7) is -0.456. The number of para-hydroxylation sites is 9. The first-order valence-electron chi connectivity index (χ1n) is 37.9. The van der Waals surface area contributed by atoms with Gasteiger partial charge in [0, 0.05) is 100 Å². The molecule has 0 N–H and O–H groups in total. The molecule has 0 aliphatic carbocycles. The van der Waals surface area contributed by atoms with E-state index in [2.05, 4.69) is 443 Å². The van der Waals surface area contributed by atoms with Gasteiger partial charge in [0.2, 0.25) is 6.71 Å². The number of benzene rings is 17. The van der Waals surface area contributed by atoms with Gasteiger partial charge in [0.25, 0.3) is 6.71 Å². The Bertz CT molecular complexity index is 6150. The van der Waals surface area contributed by atoms with Crippen molar-refractivity contribution in [3.05, 3.63) is 419 Å². The molecule has 0 amide bonds. The highest BCUT2D eigenvalue weighted by atomic mass is 32.2. The van der Waals surface area contributed by atoms with Gasteiger partial charge in [-0.1, -0.05) is 339 Å². The van der Waals surface area contributed by atoms with Gasteiger partial charge in [0.15, 0.2) is 0 Å². The summed E-state index contributed by atoms with van der Waals surface area (Å²) in [5.41, 5.74) is 35.3. The van der Waals surface area contributed by atoms with Crippen molar-refractivity contribution in [2.75, 3.05) is 24.5 Å². The van der Waals surface area contributed by atoms with Crippen molar-refractivity contribution in [1.82, 2.24) is 0 Å². The summed E-state index contributed by atoms with van der Waals surface area (Å²) in [7, 11) is 0. The van der Waals surface area contributed by atoms with Gasteiger partial charge in [-0.2, -0.15) is 0 Å². The van der Waals surface area contributed by atoms with E-state index in [0.29, 0.717) is 0 Å². The lowest BCUT2D eigenvalue weighted by molar-refractivity contribution is 1.22. The maximum Gasteiger partial charge on any atom is 0.252 e. The molecule has 514 valence electrons. The summed E-state index contributed by atoms with van der Waals surface area (Å²) >= 11 is 1.91. The lowest BCUT2D eigenvalue weighted by Gasteiger charge is -2.47. The molecule has 8 heteroatoms. The fourth-order valence-corrected chi connectivity index (χ4v) is 19.0. The van der Waals surface area contributed by atoms with Gasteiger partial charge in [0.1, 0.15) is 0 Å². The van der Waals surface area contributed by atoms with Crippen LogP contribution in [0.15, 0.2) is 428 Å². The van der Waals surface area contributed by atoms with Crippen molar-refractivity contribution in [1.29, 1.82) is 0 Å². The molecule has 0 saturated heterocycles. The van der Waals surface area contributed by atoms with Gasteiger partial charge < -0.3 is 24.5 Å². The third kappa shape index (κ3) is 10.8. The molecule has 17 aromatic rings. The fraction of sp³-hybridized carbons (Fsp3) is 0. The first-order valence-corrected chi connectivity index (χ1v) is 38.7. The highest BCUT2D eigenvalue weighted by molar-refractivity contribution is 8.00. The lowest BCUT2D eigenvalue weighted by atomic mass is 9.31. The van der Waals surface area contributed by atoms with Gasteiger partial charge in [-0.25, -0.2) is 0 Å². The Morgan fingerprint density at radius 1 is 0.191 bits per heavy atom. The van der Waals surface area contributed by atoms with E-state index in [9.17, 15) is 0 Å². The molecule has 17 aromatic carbocycles. The number of hydrogen-bond donors (Lipinski definition) is 0. The van der Waals surface area contributed by atoms with Crippen LogP contribution in [0.25, 0.3) is 55.6 Å². The Morgan fingerprint density at radius 2 is 0.500 bits per heavy atom. The Labute approximate surface area is 647 Å². The summed E-state index contributed by atoms with van der Waals surface area (Å²) < 4.78 is 0. The Kier molecular flexibility index (Phi) is 16.0. The quantitative estimate of drug-likeness (QED) is 0.100. The summed E-state index contributed by atoms with van der Waals surface area (Å²) in [5.74, 6) is 0. The van der Waals surface area contributed by atoms with Crippen molar-refractivity contribution in [2.45, 2.75) is 9.79 Å². The van der Waals surface area contributed by atoms with Crippen molar-refractivity contribution in [2.24, 2.45) is 0 Å². The molecule has 0 bridgehead atoms. The van der Waals surface area contributed by atoms with Crippen LogP contribution in [0.5, 0.6) is 0 Å². The molecule has 0 atom stereocenters. The normalized spacial score (nSPS) is 12.6. The summed E-state index contributed by atoms with van der Waals surface area (Å²) in [4.78, 5) is 15.2. The summed E-state index contributed by atoms with van der Waals surface area (Å²) in [6, 6.07) is 155. The van der Waals surface area contributed by atoms with E-state index in [1.165, 1.54) is 42.6 Å². The van der Waals surface area contributed by atoms with Crippen LogP contribution in [0.1, 0.15) is 0 Å². The molecule has 0 aromatic heterocycles. The van der Waals surface area contributed by atoms with Crippen molar-refractivity contribution < 1.29 is 0 Å². The monoisotopic (exact) mass is 1420 g/mol. The average Bonchev–Trinajstić information content (AvgIpc) is 0.685. The van der Waals surface area contributed by atoms with E-state index < -0.39 is 0 Å². The molecule has 4 aliphatic rings. The van der Waals surface area contributed by atoms with Crippen molar-refractivity contribution in [3.63, 3.8) is 0 Å². The number of anilines is 15. The van der Waals surface area contributed by atoms with E-state index >= 15 is 0 Å². The smallest absolute Gasteiger partial charge is 0.252 e. The van der Waals surface area contributed by atoms with Gasteiger partial charge in [-0.15, -0.1) is 0 Å². The van der Waals surface area contributed by atoms with Crippen molar-refractivity contribution >= 4 is 143 Å². The zero-order valence-corrected chi connectivity index (χ0v) is 61.0. The maximum atomic E-state index is 2.67. The second kappa shape index (κ2) is 27.2. The topological polar surface area (TPSA) is 16.2 Å². The van der Waals surface area contributed by atoms with Crippen LogP contribution in [0.2, 0.25) is 0 Å². The van der Waals surface area contributed by atoms with E-state index in [1.807, 2.05) is 11.8 Å². The molecule has 5 nitrogen and oxygen atoms in total.